The molecule has 0 aliphatic carbocycles. The Kier molecular flexibility index (Phi) is 4.39. The molecule has 27 heavy (non-hydrogen) atoms. The van der Waals surface area contributed by atoms with Gasteiger partial charge in [-0.2, -0.15) is 0 Å². The van der Waals surface area contributed by atoms with E-state index >= 15 is 0 Å². The van der Waals surface area contributed by atoms with Crippen LogP contribution in [0.4, 0.5) is 11.6 Å². The quantitative estimate of drug-likeness (QED) is 0.546. The molecule has 4 rings (SSSR count). The molecule has 1 aromatic carbocycles. The summed E-state index contributed by atoms with van der Waals surface area (Å²) in [4.78, 5) is 21.0. The number of ether oxygens (including phenoxy) is 1. The van der Waals surface area contributed by atoms with E-state index in [1.165, 1.54) is 18.6 Å². The number of pyridine rings is 1. The highest BCUT2D eigenvalue weighted by Crippen LogP contribution is 2.32. The lowest BCUT2D eigenvalue weighted by molar-refractivity contribution is 0.448. The Morgan fingerprint density at radius 2 is 1.89 bits per heavy atom. The zero-order valence-electron chi connectivity index (χ0n) is 14.1. The number of nitrogens with zero attached hydrogens (tertiary/aromatic N) is 5. The van der Waals surface area contributed by atoms with Gasteiger partial charge in [0, 0.05) is 11.5 Å². The minimum Gasteiger partial charge on any atom is -0.506 e. The van der Waals surface area contributed by atoms with Gasteiger partial charge >= 0.3 is 0 Å². The molecule has 0 aliphatic heterocycles. The molecule has 8 nitrogen and oxygen atoms in total. The Morgan fingerprint density at radius 3 is 2.67 bits per heavy atom. The van der Waals surface area contributed by atoms with Gasteiger partial charge in [-0.15, -0.1) is 0 Å². The monoisotopic (exact) mass is 380 g/mol. The van der Waals surface area contributed by atoms with E-state index < -0.39 is 0 Å². The Bertz CT molecular complexity index is 1120. The molecule has 0 saturated heterocycles. The third-order valence-corrected chi connectivity index (χ3v) is 3.91. The average molecular weight is 381 g/mol. The third kappa shape index (κ3) is 3.70. The highest BCUT2D eigenvalue weighted by molar-refractivity contribution is 6.32. The van der Waals surface area contributed by atoms with Gasteiger partial charge in [-0.05, 0) is 25.1 Å². The van der Waals surface area contributed by atoms with Gasteiger partial charge in [0.1, 0.15) is 34.5 Å². The summed E-state index contributed by atoms with van der Waals surface area (Å²) in [5, 5.41) is 13.5. The minimum absolute atomic E-state index is 0.0371. The molecule has 0 fully saturated rings. The maximum Gasteiger partial charge on any atom is 0.238 e. The summed E-state index contributed by atoms with van der Waals surface area (Å²) in [5.41, 5.74) is 1.55. The van der Waals surface area contributed by atoms with Crippen LogP contribution in [0.15, 0.2) is 49.2 Å². The third-order valence-electron chi connectivity index (χ3n) is 3.64. The molecule has 0 aliphatic rings. The highest BCUT2D eigenvalue weighted by atomic mass is 35.5. The molecule has 0 radical (unpaired) electrons. The Hall–Kier alpha value is -3.52. The highest BCUT2D eigenvalue weighted by Gasteiger charge is 2.10. The van der Waals surface area contributed by atoms with E-state index in [9.17, 15) is 5.11 Å². The molecule has 134 valence electrons. The van der Waals surface area contributed by atoms with Crippen molar-refractivity contribution in [3.8, 4) is 17.4 Å². The Labute approximate surface area is 158 Å². The van der Waals surface area contributed by atoms with E-state index in [-0.39, 0.29) is 16.7 Å². The van der Waals surface area contributed by atoms with E-state index in [0.717, 1.165) is 16.6 Å². The predicted molar refractivity (Wildman–Crippen MR) is 101 cm³/mol. The van der Waals surface area contributed by atoms with Crippen LogP contribution in [-0.4, -0.2) is 30.0 Å². The topological polar surface area (TPSA) is 106 Å². The van der Waals surface area contributed by atoms with Crippen LogP contribution in [-0.2, 0) is 0 Å². The Morgan fingerprint density at radius 1 is 1.00 bits per heavy atom. The first kappa shape index (κ1) is 16.9. The molecule has 2 N–H and O–H groups in total. The lowest BCUT2D eigenvalue weighted by atomic mass is 10.2. The van der Waals surface area contributed by atoms with Crippen LogP contribution in [0.5, 0.6) is 17.4 Å². The summed E-state index contributed by atoms with van der Waals surface area (Å²) in [5.74, 6) is 1.77. The van der Waals surface area contributed by atoms with E-state index in [2.05, 4.69) is 30.2 Å². The Balaban J connectivity index is 1.69. The van der Waals surface area contributed by atoms with Gasteiger partial charge in [-0.25, -0.2) is 19.9 Å². The second kappa shape index (κ2) is 7.00. The number of hydrogen-bond acceptors (Lipinski definition) is 8. The molecule has 3 heterocycles. The van der Waals surface area contributed by atoms with Crippen LogP contribution in [0, 0.1) is 6.92 Å². The standard InChI is InChI=1S/C18H13ClN6O2/c1-10-6-21-16(8-20-10)25-17-13-5-12(2-3-15(13)23-9-24-17)27-18-14(19)4-11(26)7-22-18/h2-9,26H,1H3,(H,21,23,24,25). The zero-order valence-corrected chi connectivity index (χ0v) is 14.8. The van der Waals surface area contributed by atoms with E-state index in [1.54, 1.807) is 30.6 Å². The molecule has 9 heteroatoms. The summed E-state index contributed by atoms with van der Waals surface area (Å²) >= 11 is 6.05. The lowest BCUT2D eigenvalue weighted by Crippen LogP contribution is -1.99. The fourth-order valence-corrected chi connectivity index (χ4v) is 2.58. The summed E-state index contributed by atoms with van der Waals surface area (Å²) < 4.78 is 5.73. The molecular formula is C18H13ClN6O2. The van der Waals surface area contributed by atoms with Crippen molar-refractivity contribution in [2.75, 3.05) is 5.32 Å². The van der Waals surface area contributed by atoms with Crippen LogP contribution in [0.1, 0.15) is 5.69 Å². The average Bonchev–Trinajstić information content (AvgIpc) is 2.66. The molecule has 0 unspecified atom stereocenters. The van der Waals surface area contributed by atoms with Crippen molar-refractivity contribution in [2.45, 2.75) is 6.92 Å². The van der Waals surface area contributed by atoms with Crippen LogP contribution >= 0.6 is 11.6 Å². The number of fused-ring (bicyclic) bond motifs is 1. The summed E-state index contributed by atoms with van der Waals surface area (Å²) in [6.07, 6.45) is 6.02. The second-order valence-corrected chi connectivity index (χ2v) is 6.06. The van der Waals surface area contributed by atoms with Gasteiger partial charge < -0.3 is 15.2 Å². The SMILES string of the molecule is Cc1cnc(Nc2ncnc3ccc(Oc4ncc(O)cc4Cl)cc23)cn1. The van der Waals surface area contributed by atoms with Crippen molar-refractivity contribution < 1.29 is 9.84 Å². The molecule has 0 bridgehead atoms. The molecule has 0 atom stereocenters. The van der Waals surface area contributed by atoms with Crippen molar-refractivity contribution >= 4 is 34.1 Å². The lowest BCUT2D eigenvalue weighted by Gasteiger charge is -2.10. The van der Waals surface area contributed by atoms with Crippen molar-refractivity contribution in [3.05, 3.63) is 59.9 Å². The van der Waals surface area contributed by atoms with Gasteiger partial charge in [0.15, 0.2) is 0 Å². The van der Waals surface area contributed by atoms with Gasteiger partial charge in [0.25, 0.3) is 0 Å². The van der Waals surface area contributed by atoms with Crippen molar-refractivity contribution in [3.63, 3.8) is 0 Å². The maximum atomic E-state index is 9.40. The number of rotatable bonds is 4. The van der Waals surface area contributed by atoms with Gasteiger partial charge in [-0.3, -0.25) is 4.98 Å². The summed E-state index contributed by atoms with van der Waals surface area (Å²) in [6.45, 7) is 1.86. The number of halogens is 1. The number of hydrogen-bond donors (Lipinski definition) is 2. The number of anilines is 2. The number of aromatic hydroxyl groups is 1. The fraction of sp³-hybridized carbons (Fsp3) is 0.0556. The number of nitrogens with one attached hydrogen (secondary N) is 1. The number of aromatic nitrogens is 5. The zero-order chi connectivity index (χ0) is 18.8. The molecule has 0 amide bonds. The van der Waals surface area contributed by atoms with Crippen LogP contribution in [0.25, 0.3) is 10.9 Å². The van der Waals surface area contributed by atoms with Gasteiger partial charge in [0.2, 0.25) is 5.88 Å². The normalized spacial score (nSPS) is 10.7. The van der Waals surface area contributed by atoms with E-state index in [4.69, 9.17) is 16.3 Å². The first-order chi connectivity index (χ1) is 13.1. The molecule has 0 spiro atoms. The van der Waals surface area contributed by atoms with Crippen molar-refractivity contribution in [2.24, 2.45) is 0 Å². The van der Waals surface area contributed by atoms with Gasteiger partial charge in [0.05, 0.1) is 29.8 Å². The largest absolute Gasteiger partial charge is 0.506 e. The molecular weight excluding hydrogens is 368 g/mol. The van der Waals surface area contributed by atoms with Crippen LogP contribution in [0.2, 0.25) is 5.02 Å². The van der Waals surface area contributed by atoms with Crippen molar-refractivity contribution in [1.29, 1.82) is 0 Å². The first-order valence-corrected chi connectivity index (χ1v) is 8.29. The first-order valence-electron chi connectivity index (χ1n) is 7.91. The summed E-state index contributed by atoms with van der Waals surface area (Å²) in [7, 11) is 0. The predicted octanol–water partition coefficient (Wildman–Crippen LogP) is 4.02. The molecule has 3 aromatic heterocycles. The maximum absolute atomic E-state index is 9.40. The minimum atomic E-state index is -0.0371. The van der Waals surface area contributed by atoms with E-state index in [1.807, 2.05) is 6.92 Å². The summed E-state index contributed by atoms with van der Waals surface area (Å²) in [6, 6.07) is 6.67. The second-order valence-electron chi connectivity index (χ2n) is 5.65. The smallest absolute Gasteiger partial charge is 0.238 e. The van der Waals surface area contributed by atoms with Crippen molar-refractivity contribution in [1.82, 2.24) is 24.9 Å². The van der Waals surface area contributed by atoms with Crippen LogP contribution in [0.3, 0.4) is 0 Å². The molecule has 4 aromatic rings. The fourth-order valence-electron chi connectivity index (χ4n) is 2.38. The number of aryl methyl sites for hydroxylation is 1. The number of benzene rings is 1. The van der Waals surface area contributed by atoms with Crippen LogP contribution < -0.4 is 10.1 Å². The molecule has 0 saturated carbocycles. The van der Waals surface area contributed by atoms with Gasteiger partial charge in [-0.1, -0.05) is 11.6 Å². The van der Waals surface area contributed by atoms with E-state index in [0.29, 0.717) is 17.4 Å².